The summed E-state index contributed by atoms with van der Waals surface area (Å²) in [6, 6.07) is 8.88. The maximum Gasteiger partial charge on any atom is 0.518 e. The van der Waals surface area contributed by atoms with E-state index in [2.05, 4.69) is 114 Å². The van der Waals surface area contributed by atoms with Crippen molar-refractivity contribution in [2.24, 2.45) is 34.0 Å². The van der Waals surface area contributed by atoms with E-state index in [-0.39, 0.29) is 16.2 Å². The Bertz CT molecular complexity index is 2100. The molecule has 460 valence electrons. The quantitative estimate of drug-likeness (QED) is 0.0147. The molecule has 24 heteroatoms. The molecule has 0 heterocycles. The molecule has 9 nitrogen and oxygen atoms in total. The van der Waals surface area contributed by atoms with Crippen LogP contribution >= 0.6 is 133 Å². The molecule has 11 atom stereocenters. The first kappa shape index (κ1) is 70.2. The van der Waals surface area contributed by atoms with Crippen LogP contribution in [0.4, 0.5) is 0 Å². The van der Waals surface area contributed by atoms with Crippen LogP contribution in [0.25, 0.3) is 0 Å². The molecule has 0 spiro atoms. The van der Waals surface area contributed by atoms with Crippen LogP contribution < -0.4 is 0 Å². The maximum atomic E-state index is 7.54. The van der Waals surface area contributed by atoms with Crippen LogP contribution in [-0.2, 0) is 48.0 Å². The predicted molar refractivity (Wildman–Crippen MR) is 375 cm³/mol. The lowest BCUT2D eigenvalue weighted by molar-refractivity contribution is 0.00113. The summed E-state index contributed by atoms with van der Waals surface area (Å²) in [5.41, 5.74) is 0.922. The highest BCUT2D eigenvalue weighted by Crippen LogP contribution is 3.05. The molecule has 11 unspecified atom stereocenters. The van der Waals surface area contributed by atoms with E-state index in [1.165, 1.54) is 0 Å². The zero-order valence-corrected chi connectivity index (χ0v) is 63.3. The molecule has 6 fully saturated rings. The van der Waals surface area contributed by atoms with E-state index in [4.69, 9.17) is 137 Å². The summed E-state index contributed by atoms with van der Waals surface area (Å²) in [6.45, 7) is 32.0. The first-order chi connectivity index (χ1) is 37.4. The molecule has 7 rings (SSSR count). The van der Waals surface area contributed by atoms with Gasteiger partial charge in [0, 0.05) is 59.5 Å². The number of fused-ring (bicyclic) bond motifs is 6. The molecule has 0 amide bonds. The molecule has 6 aliphatic carbocycles. The second-order valence-electron chi connectivity index (χ2n) is 23.5. The number of thiol groups is 8. The van der Waals surface area contributed by atoms with Gasteiger partial charge < -0.3 is 39.8 Å². The van der Waals surface area contributed by atoms with Gasteiger partial charge in [0.05, 0.1) is 21.9 Å². The van der Waals surface area contributed by atoms with Gasteiger partial charge in [0.25, 0.3) is 0 Å². The molecular formula is C55H102O9S12Si3. The van der Waals surface area contributed by atoms with Gasteiger partial charge in [0.15, 0.2) is 0 Å². The third-order valence-electron chi connectivity index (χ3n) is 21.1. The Hall–Kier alpha value is 3.71. The summed E-state index contributed by atoms with van der Waals surface area (Å²) in [5, 5.41) is -0.865. The Morgan fingerprint density at radius 2 is 0.772 bits per heavy atom. The molecule has 0 radical (unpaired) electrons. The fraction of sp³-hybridized carbons (Fsp3) is 0.891. The maximum absolute atomic E-state index is 7.54. The van der Waals surface area contributed by atoms with Crippen LogP contribution in [0.5, 0.6) is 0 Å². The van der Waals surface area contributed by atoms with Crippen molar-refractivity contribution in [3.05, 3.63) is 35.4 Å². The minimum atomic E-state index is -3.92. The van der Waals surface area contributed by atoms with E-state index in [9.17, 15) is 0 Å². The van der Waals surface area contributed by atoms with Crippen molar-refractivity contribution in [3.63, 3.8) is 0 Å². The molecule has 79 heavy (non-hydrogen) atoms. The van der Waals surface area contributed by atoms with Crippen LogP contribution in [0.15, 0.2) is 24.3 Å². The molecule has 1 aromatic rings. The number of hydrogen-bond donors (Lipinski definition) is 8. The van der Waals surface area contributed by atoms with Crippen LogP contribution in [0.3, 0.4) is 0 Å². The summed E-state index contributed by atoms with van der Waals surface area (Å²) in [6.07, 6.45) is 14.3. The molecule has 0 aromatic heterocycles. The average molecular weight is 1380 g/mol. The summed E-state index contributed by atoms with van der Waals surface area (Å²) >= 11 is 49.8. The standard InChI is InChI=1S/C55H102O9S12Si3/c1-14-48-33-30-42(36-48)39-51(48,77(56-17-4,57-18-5)58-19-6)55(67,68)54(65,66)46-29-27-26-28-45(46)47(13,75(71,73-69)52(40-43-31-34-49(52,15-2)37-43)78(59-20-7,60-21-8)61-22-9)76(72,74-70)53(41-44-32-35-50(53,16-3)38-44)79(62-23-10,63-24-11)64-25-12/h26-29,42-44,65-72H,14-25,30-41H2,1-13H3. The Morgan fingerprint density at radius 1 is 0.468 bits per heavy atom. The fourth-order valence-corrected chi connectivity index (χ4v) is 69.9. The zero-order chi connectivity index (χ0) is 58.5. The molecule has 6 saturated carbocycles. The number of hydrogen-bond acceptors (Lipinski definition) is 19. The topological polar surface area (TPSA) is 83.1 Å². The predicted octanol–water partition coefficient (Wildman–Crippen LogP) is 18.0. The first-order valence-corrected chi connectivity index (χ1v) is 47.0. The first-order valence-electron chi connectivity index (χ1n) is 29.9. The van der Waals surface area contributed by atoms with Crippen LogP contribution in [0, 0.1) is 34.0 Å². The lowest BCUT2D eigenvalue weighted by atomic mass is 9.68. The highest BCUT2D eigenvalue weighted by molar-refractivity contribution is 9.41. The van der Waals surface area contributed by atoms with Crippen molar-refractivity contribution < 1.29 is 39.8 Å². The highest BCUT2D eigenvalue weighted by atomic mass is 33.7. The lowest BCUT2D eigenvalue weighted by Crippen LogP contribution is -2.75. The zero-order valence-electron chi connectivity index (χ0n) is 49.9. The largest absolute Gasteiger partial charge is 0.518 e. The molecule has 6 bridgehead atoms. The van der Waals surface area contributed by atoms with E-state index in [1.807, 2.05) is 0 Å². The van der Waals surface area contributed by atoms with Gasteiger partial charge in [-0.15, -0.1) is 62.8 Å². The van der Waals surface area contributed by atoms with Gasteiger partial charge in [-0.2, -0.15) is 50.5 Å². The van der Waals surface area contributed by atoms with E-state index in [0.29, 0.717) is 77.2 Å². The Balaban J connectivity index is 1.75. The van der Waals surface area contributed by atoms with Gasteiger partial charge in [-0.05, 0) is 230 Å². The molecule has 0 N–H and O–H groups in total. The summed E-state index contributed by atoms with van der Waals surface area (Å²) in [7, 11) is -14.1. The molecular weight excluding hydrogens is 1270 g/mol. The van der Waals surface area contributed by atoms with Gasteiger partial charge in [0.1, 0.15) is 4.08 Å². The normalized spacial score (nSPS) is 35.0. The van der Waals surface area contributed by atoms with Gasteiger partial charge >= 0.3 is 26.4 Å². The minimum absolute atomic E-state index is 0.308. The number of rotatable bonds is 34. The van der Waals surface area contributed by atoms with Crippen LogP contribution in [-0.4, -0.2) is 98.7 Å². The summed E-state index contributed by atoms with van der Waals surface area (Å²) in [5.74, 6) is 1.16. The minimum Gasteiger partial charge on any atom is -0.373 e. The molecule has 1 aromatic carbocycles. The van der Waals surface area contributed by atoms with E-state index in [1.54, 1.807) is 19.7 Å². The van der Waals surface area contributed by atoms with Crippen molar-refractivity contribution in [2.75, 3.05) is 59.5 Å². The monoisotopic (exact) mass is 1370 g/mol. The third-order valence-corrected chi connectivity index (χ3v) is 67.2. The SMILES string of the molecule is CCO[Si](OCC)(OCC)C1(C(S)(S)C(S)(S)c2ccccc2C(C)(S(S)(SS)C2([Si](OCC)(OCC)OCC)CC3CCC2(CC)C3)S(S)(SS)C2([Si](OCC)(OCC)OCC)CC3CCC2(CC)C3)CC2CCC1(CC)C2. The number of benzene rings is 1. The Kier molecular flexibility index (Phi) is 23.5. The van der Waals surface area contributed by atoms with Gasteiger partial charge in [0.2, 0.25) is 0 Å². The second-order valence-corrected chi connectivity index (χ2v) is 53.1. The Labute approximate surface area is 535 Å². The van der Waals surface area contributed by atoms with Crippen molar-refractivity contribution in [1.82, 2.24) is 0 Å². The van der Waals surface area contributed by atoms with E-state index < -0.39 is 68.6 Å². The van der Waals surface area contributed by atoms with Gasteiger partial charge in [-0.25, -0.2) is 0 Å². The van der Waals surface area contributed by atoms with Crippen LogP contribution in [0.1, 0.15) is 197 Å². The van der Waals surface area contributed by atoms with Crippen molar-refractivity contribution in [1.29, 1.82) is 0 Å². The Morgan fingerprint density at radius 3 is 1.08 bits per heavy atom. The second kappa shape index (κ2) is 26.5. The molecule has 6 aliphatic rings. The lowest BCUT2D eigenvalue weighted by Gasteiger charge is -2.75. The molecule has 0 saturated heterocycles. The molecule has 0 aliphatic heterocycles. The van der Waals surface area contributed by atoms with E-state index in [0.717, 1.165) is 107 Å². The summed E-state index contributed by atoms with van der Waals surface area (Å²) in [4.78, 5) is 0. The van der Waals surface area contributed by atoms with E-state index >= 15 is 0 Å². The van der Waals surface area contributed by atoms with Crippen molar-refractivity contribution in [3.8, 4) is 0 Å². The van der Waals surface area contributed by atoms with Gasteiger partial charge in [-0.1, -0.05) is 45.0 Å². The van der Waals surface area contributed by atoms with Gasteiger partial charge in [-0.3, -0.25) is 0 Å². The highest BCUT2D eigenvalue weighted by Gasteiger charge is 2.89. The average Bonchev–Trinajstić information content (AvgIpc) is 2.58. The van der Waals surface area contributed by atoms with Crippen LogP contribution in [0.2, 0.25) is 5.04 Å². The smallest absolute Gasteiger partial charge is 0.373 e. The third kappa shape index (κ3) is 9.51. The van der Waals surface area contributed by atoms with Crippen molar-refractivity contribution in [2.45, 2.75) is 212 Å². The fourth-order valence-electron chi connectivity index (χ4n) is 18.5. The summed E-state index contributed by atoms with van der Waals surface area (Å²) < 4.78 is 61.4. The van der Waals surface area contributed by atoms with Crippen molar-refractivity contribution >= 4 is 159 Å².